The van der Waals surface area contributed by atoms with Gasteiger partial charge in [0, 0.05) is 35.5 Å². The molecule has 0 N–H and O–H groups in total. The van der Waals surface area contributed by atoms with Gasteiger partial charge in [0.1, 0.15) is 11.4 Å². The van der Waals surface area contributed by atoms with Gasteiger partial charge >= 0.3 is 6.09 Å². The Morgan fingerprint density at radius 3 is 2.93 bits per heavy atom. The highest BCUT2D eigenvalue weighted by Gasteiger charge is 2.36. The van der Waals surface area contributed by atoms with Gasteiger partial charge in [-0.2, -0.15) is 0 Å². The average Bonchev–Trinajstić information content (AvgIpc) is 3.16. The minimum absolute atomic E-state index is 0.287. The van der Waals surface area contributed by atoms with E-state index in [9.17, 15) is 4.79 Å². The Kier molecular flexibility index (Phi) is 4.63. The van der Waals surface area contributed by atoms with Gasteiger partial charge in [-0.15, -0.1) is 0 Å². The van der Waals surface area contributed by atoms with Crippen molar-refractivity contribution in [3.8, 4) is 5.75 Å². The zero-order chi connectivity index (χ0) is 19.3. The fraction of sp³-hybridized carbons (Fsp3) is 0.474. The monoisotopic (exact) mass is 454 g/mol. The second kappa shape index (κ2) is 6.71. The topological polar surface area (TPSA) is 64.8 Å². The van der Waals surface area contributed by atoms with Crippen LogP contribution >= 0.6 is 27.5 Å². The SMILES string of the molecule is CC(C)(C)OC(=O)N1CCc2noc([C@H]3Cc4cc(Cl)cc(Br)c4O3)c2C1. The molecule has 27 heavy (non-hydrogen) atoms. The summed E-state index contributed by atoms with van der Waals surface area (Å²) < 4.78 is 18.0. The van der Waals surface area contributed by atoms with Gasteiger partial charge in [0.2, 0.25) is 0 Å². The number of fused-ring (bicyclic) bond motifs is 2. The molecule has 0 aliphatic carbocycles. The standard InChI is InChI=1S/C19H20BrClN2O4/c1-19(2,3)26-18(24)23-5-4-14-12(9-23)17(27-22-14)15-7-10-6-11(21)8-13(20)16(10)25-15/h6,8,15H,4-5,7,9H2,1-3H3/t15-/m1/s1. The number of benzene rings is 1. The lowest BCUT2D eigenvalue weighted by molar-refractivity contribution is 0.0221. The second-order valence-electron chi connectivity index (χ2n) is 7.81. The fourth-order valence-corrected chi connectivity index (χ4v) is 4.36. The van der Waals surface area contributed by atoms with Crippen molar-refractivity contribution < 1.29 is 18.8 Å². The van der Waals surface area contributed by atoms with E-state index < -0.39 is 5.60 Å². The van der Waals surface area contributed by atoms with Gasteiger partial charge in [0.15, 0.2) is 11.9 Å². The maximum absolute atomic E-state index is 12.4. The molecule has 1 aromatic carbocycles. The highest BCUT2D eigenvalue weighted by molar-refractivity contribution is 9.10. The molecule has 3 heterocycles. The highest BCUT2D eigenvalue weighted by Crippen LogP contribution is 2.44. The maximum atomic E-state index is 12.4. The second-order valence-corrected chi connectivity index (χ2v) is 9.10. The van der Waals surface area contributed by atoms with Crippen LogP contribution in [0, 0.1) is 0 Å². The van der Waals surface area contributed by atoms with Gasteiger partial charge in [-0.25, -0.2) is 4.79 Å². The summed E-state index contributed by atoms with van der Waals surface area (Å²) in [4.78, 5) is 14.1. The van der Waals surface area contributed by atoms with E-state index in [0.717, 1.165) is 27.0 Å². The molecule has 0 radical (unpaired) electrons. The van der Waals surface area contributed by atoms with Crippen LogP contribution in [-0.2, 0) is 24.1 Å². The summed E-state index contributed by atoms with van der Waals surface area (Å²) in [5.41, 5.74) is 2.27. The molecule has 0 fully saturated rings. The predicted molar refractivity (Wildman–Crippen MR) is 103 cm³/mol. The van der Waals surface area contributed by atoms with Crippen molar-refractivity contribution in [3.63, 3.8) is 0 Å². The van der Waals surface area contributed by atoms with Crippen molar-refractivity contribution >= 4 is 33.6 Å². The van der Waals surface area contributed by atoms with Crippen LogP contribution in [0.2, 0.25) is 5.02 Å². The van der Waals surface area contributed by atoms with Crippen LogP contribution in [0.4, 0.5) is 4.79 Å². The average molecular weight is 456 g/mol. The number of halogens is 2. The van der Waals surface area contributed by atoms with E-state index in [0.29, 0.717) is 36.7 Å². The smallest absolute Gasteiger partial charge is 0.410 e. The molecular weight excluding hydrogens is 436 g/mol. The normalized spacial score (nSPS) is 18.7. The molecule has 0 spiro atoms. The summed E-state index contributed by atoms with van der Waals surface area (Å²) in [6.07, 6.45) is 0.658. The Morgan fingerprint density at radius 1 is 1.41 bits per heavy atom. The van der Waals surface area contributed by atoms with E-state index in [1.807, 2.05) is 32.9 Å². The van der Waals surface area contributed by atoms with E-state index in [1.54, 1.807) is 4.90 Å². The molecule has 1 aromatic heterocycles. The van der Waals surface area contributed by atoms with Crippen LogP contribution in [0.3, 0.4) is 0 Å². The van der Waals surface area contributed by atoms with Crippen molar-refractivity contribution in [2.75, 3.05) is 6.54 Å². The lowest BCUT2D eigenvalue weighted by Crippen LogP contribution is -2.40. The van der Waals surface area contributed by atoms with Crippen molar-refractivity contribution in [2.45, 2.75) is 51.9 Å². The molecule has 6 nitrogen and oxygen atoms in total. The van der Waals surface area contributed by atoms with Gasteiger partial charge in [-0.05, 0) is 48.8 Å². The molecule has 0 bridgehead atoms. The summed E-state index contributed by atoms with van der Waals surface area (Å²) in [6.45, 7) is 6.54. The number of carbonyl (C=O) groups is 1. The molecule has 0 unspecified atom stereocenters. The van der Waals surface area contributed by atoms with Crippen LogP contribution in [-0.4, -0.2) is 28.3 Å². The third-order valence-corrected chi connectivity index (χ3v) is 5.37. The quantitative estimate of drug-likeness (QED) is 0.601. The van der Waals surface area contributed by atoms with Gasteiger partial charge in [0.25, 0.3) is 0 Å². The number of aromatic nitrogens is 1. The Morgan fingerprint density at radius 2 is 2.19 bits per heavy atom. The van der Waals surface area contributed by atoms with Crippen LogP contribution in [0.1, 0.15) is 49.5 Å². The zero-order valence-electron chi connectivity index (χ0n) is 15.3. The largest absolute Gasteiger partial charge is 0.481 e. The van der Waals surface area contributed by atoms with Crippen LogP contribution in [0.5, 0.6) is 5.75 Å². The van der Waals surface area contributed by atoms with Crippen LogP contribution in [0.15, 0.2) is 21.1 Å². The summed E-state index contributed by atoms with van der Waals surface area (Å²) >= 11 is 9.64. The van der Waals surface area contributed by atoms with E-state index in [-0.39, 0.29) is 12.2 Å². The minimum Gasteiger partial charge on any atom is -0.481 e. The van der Waals surface area contributed by atoms with Crippen molar-refractivity contribution in [2.24, 2.45) is 0 Å². The van der Waals surface area contributed by atoms with Crippen molar-refractivity contribution in [1.82, 2.24) is 10.1 Å². The molecule has 1 amide bonds. The number of amides is 1. The highest BCUT2D eigenvalue weighted by atomic mass is 79.9. The van der Waals surface area contributed by atoms with Crippen LogP contribution < -0.4 is 4.74 Å². The van der Waals surface area contributed by atoms with E-state index in [4.69, 9.17) is 25.6 Å². The Labute approximate surface area is 170 Å². The minimum atomic E-state index is -0.531. The molecule has 1 atom stereocenters. The van der Waals surface area contributed by atoms with Crippen molar-refractivity contribution in [3.05, 3.63) is 44.2 Å². The fourth-order valence-electron chi connectivity index (χ4n) is 3.40. The number of rotatable bonds is 1. The van der Waals surface area contributed by atoms with Crippen molar-refractivity contribution in [1.29, 1.82) is 0 Å². The van der Waals surface area contributed by atoms with E-state index in [1.165, 1.54) is 0 Å². The first-order valence-corrected chi connectivity index (χ1v) is 9.98. The molecule has 0 saturated heterocycles. The number of hydrogen-bond acceptors (Lipinski definition) is 5. The van der Waals surface area contributed by atoms with E-state index in [2.05, 4.69) is 21.1 Å². The predicted octanol–water partition coefficient (Wildman–Crippen LogP) is 5.06. The maximum Gasteiger partial charge on any atom is 0.410 e. The van der Waals surface area contributed by atoms with Crippen LogP contribution in [0.25, 0.3) is 0 Å². The number of hydrogen-bond donors (Lipinski definition) is 0. The number of nitrogens with zero attached hydrogens (tertiary/aromatic N) is 2. The first kappa shape index (κ1) is 18.6. The summed E-state index contributed by atoms with van der Waals surface area (Å²) in [5.74, 6) is 1.44. The Hall–Kier alpha value is -1.73. The van der Waals surface area contributed by atoms with Gasteiger partial charge in [-0.3, -0.25) is 0 Å². The third-order valence-electron chi connectivity index (χ3n) is 4.56. The molecular formula is C19H20BrClN2O4. The lowest BCUT2D eigenvalue weighted by Gasteiger charge is -2.29. The molecule has 2 aromatic rings. The number of carbonyl (C=O) groups excluding carboxylic acids is 1. The third kappa shape index (κ3) is 3.67. The summed E-state index contributed by atoms with van der Waals surface area (Å²) in [6, 6.07) is 3.71. The molecule has 2 aliphatic heterocycles. The molecule has 8 heteroatoms. The molecule has 2 aliphatic rings. The van der Waals surface area contributed by atoms with Gasteiger partial charge in [0.05, 0.1) is 16.7 Å². The summed E-state index contributed by atoms with van der Waals surface area (Å²) in [7, 11) is 0. The number of ether oxygens (including phenoxy) is 2. The Bertz CT molecular complexity index is 906. The summed E-state index contributed by atoms with van der Waals surface area (Å²) in [5, 5.41) is 4.85. The first-order valence-electron chi connectivity index (χ1n) is 8.81. The van der Waals surface area contributed by atoms with E-state index >= 15 is 0 Å². The lowest BCUT2D eigenvalue weighted by atomic mass is 10.0. The molecule has 0 saturated carbocycles. The first-order chi connectivity index (χ1) is 12.7. The zero-order valence-corrected chi connectivity index (χ0v) is 17.7. The van der Waals surface area contributed by atoms with Gasteiger partial charge < -0.3 is 18.9 Å². The Balaban J connectivity index is 1.56. The molecule has 4 rings (SSSR count). The molecule has 144 valence electrons. The van der Waals surface area contributed by atoms with Gasteiger partial charge in [-0.1, -0.05) is 16.8 Å².